The van der Waals surface area contributed by atoms with Crippen LogP contribution in [0.1, 0.15) is 36.5 Å². The molecule has 0 aliphatic carbocycles. The number of nitrogens with two attached hydrogens (primary N) is 1. The maximum absolute atomic E-state index is 6.02. The summed E-state index contributed by atoms with van der Waals surface area (Å²) in [5.74, 6) is 2.04. The quantitative estimate of drug-likeness (QED) is 0.857. The summed E-state index contributed by atoms with van der Waals surface area (Å²) in [7, 11) is 0. The van der Waals surface area contributed by atoms with E-state index in [2.05, 4.69) is 32.9 Å². The fourth-order valence-electron chi connectivity index (χ4n) is 2.28. The predicted octanol–water partition coefficient (Wildman–Crippen LogP) is 5.02. The van der Waals surface area contributed by atoms with Crippen molar-refractivity contribution in [3.05, 3.63) is 58.1 Å². The first-order chi connectivity index (χ1) is 9.51. The van der Waals surface area contributed by atoms with Gasteiger partial charge in [-0.2, -0.15) is 0 Å². The van der Waals surface area contributed by atoms with Crippen LogP contribution in [0.2, 0.25) is 5.02 Å². The monoisotopic (exact) mass is 289 g/mol. The van der Waals surface area contributed by atoms with Crippen molar-refractivity contribution in [3.63, 3.8) is 0 Å². The first-order valence-corrected chi connectivity index (χ1v) is 7.16. The van der Waals surface area contributed by atoms with Crippen molar-refractivity contribution >= 4 is 11.6 Å². The molecule has 2 nitrogen and oxygen atoms in total. The molecule has 0 aliphatic heterocycles. The van der Waals surface area contributed by atoms with E-state index in [-0.39, 0.29) is 0 Å². The molecule has 0 spiro atoms. The van der Waals surface area contributed by atoms with Gasteiger partial charge in [0.25, 0.3) is 0 Å². The van der Waals surface area contributed by atoms with E-state index in [4.69, 9.17) is 22.1 Å². The number of aryl methyl sites for hydroxylation is 1. The third-order valence-corrected chi connectivity index (χ3v) is 3.58. The summed E-state index contributed by atoms with van der Waals surface area (Å²) in [5.41, 5.74) is 9.24. The summed E-state index contributed by atoms with van der Waals surface area (Å²) in [6, 6.07) is 11.7. The minimum absolute atomic E-state index is 0.426. The number of benzene rings is 2. The van der Waals surface area contributed by atoms with Gasteiger partial charge in [-0.05, 0) is 48.2 Å². The van der Waals surface area contributed by atoms with Gasteiger partial charge in [-0.25, -0.2) is 0 Å². The van der Waals surface area contributed by atoms with E-state index in [1.165, 1.54) is 11.1 Å². The number of hydrogen-bond donors (Lipinski definition) is 1. The van der Waals surface area contributed by atoms with Crippen LogP contribution in [0.25, 0.3) is 0 Å². The first-order valence-electron chi connectivity index (χ1n) is 6.78. The van der Waals surface area contributed by atoms with E-state index >= 15 is 0 Å². The molecular weight excluding hydrogens is 270 g/mol. The molecule has 0 atom stereocenters. The molecule has 0 bridgehead atoms. The Labute approximate surface area is 125 Å². The van der Waals surface area contributed by atoms with Gasteiger partial charge in [-0.15, -0.1) is 0 Å². The zero-order valence-corrected chi connectivity index (χ0v) is 12.9. The average molecular weight is 290 g/mol. The van der Waals surface area contributed by atoms with Crippen LogP contribution in [0.15, 0.2) is 36.4 Å². The van der Waals surface area contributed by atoms with Crippen LogP contribution in [0, 0.1) is 6.92 Å². The summed E-state index contributed by atoms with van der Waals surface area (Å²) in [4.78, 5) is 0. The Kier molecular flexibility index (Phi) is 4.69. The molecule has 2 aromatic rings. The zero-order valence-electron chi connectivity index (χ0n) is 12.1. The standard InChI is InChI=1S/C17H20ClNO/c1-11(2)16-7-6-15(8-12(16)3)20-17-9-14(18)5-4-13(17)10-19/h4-9,11H,10,19H2,1-3H3. The number of ether oxygens (including phenoxy) is 1. The maximum Gasteiger partial charge on any atom is 0.133 e. The second-order valence-corrected chi connectivity index (χ2v) is 5.67. The Morgan fingerprint density at radius 3 is 2.50 bits per heavy atom. The second kappa shape index (κ2) is 6.29. The van der Waals surface area contributed by atoms with Gasteiger partial charge >= 0.3 is 0 Å². The molecule has 20 heavy (non-hydrogen) atoms. The van der Waals surface area contributed by atoms with Crippen molar-refractivity contribution < 1.29 is 4.74 Å². The molecule has 3 heteroatoms. The fourth-order valence-corrected chi connectivity index (χ4v) is 2.44. The average Bonchev–Trinajstić information content (AvgIpc) is 2.38. The topological polar surface area (TPSA) is 35.2 Å². The van der Waals surface area contributed by atoms with E-state index in [1.54, 1.807) is 6.07 Å². The molecule has 0 unspecified atom stereocenters. The fraction of sp³-hybridized carbons (Fsp3) is 0.294. The van der Waals surface area contributed by atoms with Gasteiger partial charge in [0.05, 0.1) is 0 Å². The van der Waals surface area contributed by atoms with E-state index < -0.39 is 0 Å². The molecule has 2 N–H and O–H groups in total. The van der Waals surface area contributed by atoms with Crippen LogP contribution in [0.4, 0.5) is 0 Å². The minimum Gasteiger partial charge on any atom is -0.457 e. The number of hydrogen-bond acceptors (Lipinski definition) is 2. The highest BCUT2D eigenvalue weighted by Gasteiger charge is 2.08. The lowest BCUT2D eigenvalue weighted by molar-refractivity contribution is 0.475. The van der Waals surface area contributed by atoms with Crippen LogP contribution in [-0.4, -0.2) is 0 Å². The van der Waals surface area contributed by atoms with Crippen molar-refractivity contribution in [2.24, 2.45) is 5.73 Å². The van der Waals surface area contributed by atoms with Crippen molar-refractivity contribution in [3.8, 4) is 11.5 Å². The molecule has 0 saturated heterocycles. The Balaban J connectivity index is 2.31. The molecule has 0 aromatic heterocycles. The molecule has 106 valence electrons. The van der Waals surface area contributed by atoms with E-state index in [0.29, 0.717) is 17.5 Å². The van der Waals surface area contributed by atoms with Crippen LogP contribution >= 0.6 is 11.6 Å². The summed E-state index contributed by atoms with van der Waals surface area (Å²) >= 11 is 6.02. The van der Waals surface area contributed by atoms with Gasteiger partial charge in [0.15, 0.2) is 0 Å². The van der Waals surface area contributed by atoms with Gasteiger partial charge in [-0.3, -0.25) is 0 Å². The van der Waals surface area contributed by atoms with Gasteiger partial charge in [-0.1, -0.05) is 37.6 Å². The van der Waals surface area contributed by atoms with Crippen molar-refractivity contribution in [1.29, 1.82) is 0 Å². The Bertz CT molecular complexity index is 608. The molecule has 2 rings (SSSR count). The Morgan fingerprint density at radius 2 is 1.90 bits per heavy atom. The molecule has 0 heterocycles. The van der Waals surface area contributed by atoms with Crippen molar-refractivity contribution in [1.82, 2.24) is 0 Å². The molecule has 0 aliphatic rings. The molecule has 0 saturated carbocycles. The highest BCUT2D eigenvalue weighted by atomic mass is 35.5. The normalized spacial score (nSPS) is 10.9. The molecule has 0 amide bonds. The molecule has 0 fully saturated rings. The first kappa shape index (κ1) is 14.9. The van der Waals surface area contributed by atoms with Crippen LogP contribution in [0.3, 0.4) is 0 Å². The van der Waals surface area contributed by atoms with E-state index in [0.717, 1.165) is 17.1 Å². The van der Waals surface area contributed by atoms with Crippen molar-refractivity contribution in [2.45, 2.75) is 33.2 Å². The van der Waals surface area contributed by atoms with Gasteiger partial charge in [0.1, 0.15) is 11.5 Å². The summed E-state index contributed by atoms with van der Waals surface area (Å²) < 4.78 is 5.93. The van der Waals surface area contributed by atoms with Gasteiger partial charge in [0.2, 0.25) is 0 Å². The van der Waals surface area contributed by atoms with E-state index in [9.17, 15) is 0 Å². The Morgan fingerprint density at radius 1 is 1.15 bits per heavy atom. The van der Waals surface area contributed by atoms with Crippen LogP contribution < -0.4 is 10.5 Å². The minimum atomic E-state index is 0.426. The van der Waals surface area contributed by atoms with Gasteiger partial charge < -0.3 is 10.5 Å². The summed E-state index contributed by atoms with van der Waals surface area (Å²) in [6.07, 6.45) is 0. The largest absolute Gasteiger partial charge is 0.457 e. The highest BCUT2D eigenvalue weighted by Crippen LogP contribution is 2.30. The SMILES string of the molecule is Cc1cc(Oc2cc(Cl)ccc2CN)ccc1C(C)C. The van der Waals surface area contributed by atoms with E-state index in [1.807, 2.05) is 18.2 Å². The number of halogens is 1. The maximum atomic E-state index is 6.02. The van der Waals surface area contributed by atoms with Crippen molar-refractivity contribution in [2.75, 3.05) is 0 Å². The Hall–Kier alpha value is -1.51. The third-order valence-electron chi connectivity index (χ3n) is 3.34. The molecule has 0 radical (unpaired) electrons. The summed E-state index contributed by atoms with van der Waals surface area (Å²) in [5, 5.41) is 0.646. The highest BCUT2D eigenvalue weighted by molar-refractivity contribution is 6.30. The predicted molar refractivity (Wildman–Crippen MR) is 84.7 cm³/mol. The van der Waals surface area contributed by atoms with Gasteiger partial charge in [0, 0.05) is 17.1 Å². The van der Waals surface area contributed by atoms with Crippen LogP contribution in [-0.2, 0) is 6.54 Å². The smallest absolute Gasteiger partial charge is 0.133 e. The zero-order chi connectivity index (χ0) is 14.7. The molecular formula is C17H20ClNO. The second-order valence-electron chi connectivity index (χ2n) is 5.23. The molecule has 2 aromatic carbocycles. The lowest BCUT2D eigenvalue weighted by Gasteiger charge is -2.14. The third kappa shape index (κ3) is 3.33. The lowest BCUT2D eigenvalue weighted by atomic mass is 9.98. The van der Waals surface area contributed by atoms with Crippen LogP contribution in [0.5, 0.6) is 11.5 Å². The number of rotatable bonds is 4. The summed E-state index contributed by atoms with van der Waals surface area (Å²) in [6.45, 7) is 6.90. The lowest BCUT2D eigenvalue weighted by Crippen LogP contribution is -2.00.